The van der Waals surface area contributed by atoms with Crippen LogP contribution in [0.25, 0.3) is 0 Å². The van der Waals surface area contributed by atoms with Crippen molar-refractivity contribution in [2.75, 3.05) is 0 Å². The molecule has 0 aliphatic heterocycles. The van der Waals surface area contributed by atoms with E-state index < -0.39 is 11.9 Å². The molecule has 0 spiro atoms. The molecule has 0 aliphatic carbocycles. The Hall–Kier alpha value is -1.11. The molecule has 0 saturated carbocycles. The summed E-state index contributed by atoms with van der Waals surface area (Å²) in [7, 11) is 0. The van der Waals surface area contributed by atoms with Crippen LogP contribution in [0.3, 0.4) is 0 Å². The standard InChI is InChI=1S/C6H6.2C2H4O2.HI/c1-2-4-6-5-3-1;2*1-2(3)4;/h1-6H;2*1H3,(H,3,4);1H. The highest BCUT2D eigenvalue weighted by molar-refractivity contribution is 14.0. The summed E-state index contributed by atoms with van der Waals surface area (Å²) in [6.45, 7) is 2.17. The van der Waals surface area contributed by atoms with E-state index in [2.05, 4.69) is 0 Å². The van der Waals surface area contributed by atoms with Crippen molar-refractivity contribution in [3.05, 3.63) is 36.4 Å². The van der Waals surface area contributed by atoms with E-state index in [1.807, 2.05) is 36.4 Å². The Morgan fingerprint density at radius 3 is 0.867 bits per heavy atom. The predicted octanol–water partition coefficient (Wildman–Crippen LogP) is 2.49. The number of carbonyl (C=O) groups is 2. The number of carboxylic acids is 2. The third-order valence-corrected chi connectivity index (χ3v) is 0.667. The van der Waals surface area contributed by atoms with Crippen LogP contribution in [0, 0.1) is 0 Å². The number of aliphatic carboxylic acids is 2. The van der Waals surface area contributed by atoms with Gasteiger partial charge in [0.15, 0.2) is 0 Å². The first kappa shape index (κ1) is 19.5. The Labute approximate surface area is 106 Å². The lowest BCUT2D eigenvalue weighted by Gasteiger charge is -1.69. The van der Waals surface area contributed by atoms with Gasteiger partial charge in [-0.15, -0.1) is 24.0 Å². The Bertz CT molecular complexity index is 202. The van der Waals surface area contributed by atoms with Crippen LogP contribution in [0.5, 0.6) is 0 Å². The molecule has 1 aromatic rings. The summed E-state index contributed by atoms with van der Waals surface area (Å²) in [5.74, 6) is -1.67. The zero-order chi connectivity index (χ0) is 11.4. The van der Waals surface area contributed by atoms with Gasteiger partial charge in [0.05, 0.1) is 0 Å². The lowest BCUT2D eigenvalue weighted by atomic mass is 10.4. The van der Waals surface area contributed by atoms with Gasteiger partial charge < -0.3 is 10.2 Å². The summed E-state index contributed by atoms with van der Waals surface area (Å²) < 4.78 is 0. The quantitative estimate of drug-likeness (QED) is 0.719. The molecule has 15 heavy (non-hydrogen) atoms. The first-order valence-corrected chi connectivity index (χ1v) is 3.86. The van der Waals surface area contributed by atoms with Gasteiger partial charge in [-0.1, -0.05) is 36.4 Å². The van der Waals surface area contributed by atoms with E-state index in [4.69, 9.17) is 19.8 Å². The first-order valence-electron chi connectivity index (χ1n) is 3.86. The maximum atomic E-state index is 9.00. The van der Waals surface area contributed by atoms with Gasteiger partial charge in [-0.2, -0.15) is 0 Å². The minimum Gasteiger partial charge on any atom is -0.481 e. The molecule has 0 heterocycles. The molecule has 1 aromatic carbocycles. The lowest BCUT2D eigenvalue weighted by Crippen LogP contribution is -1.78. The SMILES string of the molecule is CC(=O)O.CC(=O)O.I.c1ccccc1. The Balaban J connectivity index is -0.000000145. The van der Waals surface area contributed by atoms with Gasteiger partial charge in [-0.05, 0) is 0 Å². The first-order chi connectivity index (χ1) is 6.46. The van der Waals surface area contributed by atoms with Crippen LogP contribution in [-0.2, 0) is 9.59 Å². The molecule has 0 amide bonds. The van der Waals surface area contributed by atoms with Gasteiger partial charge in [0.25, 0.3) is 11.9 Å². The largest absolute Gasteiger partial charge is 0.481 e. The number of carboxylic acid groups (broad SMARTS) is 2. The summed E-state index contributed by atoms with van der Waals surface area (Å²) in [5.41, 5.74) is 0. The van der Waals surface area contributed by atoms with Crippen molar-refractivity contribution >= 4 is 35.9 Å². The topological polar surface area (TPSA) is 74.6 Å². The van der Waals surface area contributed by atoms with E-state index in [0.29, 0.717) is 0 Å². The molecule has 0 saturated heterocycles. The van der Waals surface area contributed by atoms with E-state index >= 15 is 0 Å². The molecular weight excluding hydrogens is 311 g/mol. The number of rotatable bonds is 0. The minimum atomic E-state index is -0.833. The average molecular weight is 326 g/mol. The molecule has 0 atom stereocenters. The third kappa shape index (κ3) is 63.9. The predicted molar refractivity (Wildman–Crippen MR) is 68.5 cm³/mol. The van der Waals surface area contributed by atoms with Gasteiger partial charge >= 0.3 is 0 Å². The third-order valence-electron chi connectivity index (χ3n) is 0.667. The van der Waals surface area contributed by atoms with E-state index in [1.54, 1.807) is 0 Å². The molecule has 5 heteroatoms. The van der Waals surface area contributed by atoms with Crippen molar-refractivity contribution in [2.24, 2.45) is 0 Å². The van der Waals surface area contributed by atoms with Crippen molar-refractivity contribution in [1.82, 2.24) is 0 Å². The highest BCUT2D eigenvalue weighted by Crippen LogP contribution is 1.79. The zero-order valence-corrected chi connectivity index (χ0v) is 10.9. The molecule has 2 N–H and O–H groups in total. The average Bonchev–Trinajstić information content (AvgIpc) is 2.05. The van der Waals surface area contributed by atoms with Crippen molar-refractivity contribution in [3.63, 3.8) is 0 Å². The van der Waals surface area contributed by atoms with Crippen molar-refractivity contribution in [1.29, 1.82) is 0 Å². The number of hydrogen-bond donors (Lipinski definition) is 2. The van der Waals surface area contributed by atoms with E-state index in [1.165, 1.54) is 0 Å². The Morgan fingerprint density at radius 1 is 0.733 bits per heavy atom. The fourth-order valence-electron chi connectivity index (χ4n) is 0.385. The summed E-state index contributed by atoms with van der Waals surface area (Å²) >= 11 is 0. The monoisotopic (exact) mass is 326 g/mol. The maximum Gasteiger partial charge on any atom is 0.300 e. The summed E-state index contributed by atoms with van der Waals surface area (Å²) in [6, 6.07) is 12.0. The van der Waals surface area contributed by atoms with Crippen LogP contribution in [-0.4, -0.2) is 22.2 Å². The Morgan fingerprint density at radius 2 is 0.800 bits per heavy atom. The minimum absolute atomic E-state index is 0. The second kappa shape index (κ2) is 15.4. The molecule has 0 aromatic heterocycles. The fraction of sp³-hybridized carbons (Fsp3) is 0.200. The van der Waals surface area contributed by atoms with Crippen LogP contribution in [0.2, 0.25) is 0 Å². The second-order valence-electron chi connectivity index (χ2n) is 2.19. The van der Waals surface area contributed by atoms with E-state index in [-0.39, 0.29) is 24.0 Å². The summed E-state index contributed by atoms with van der Waals surface area (Å²) in [4.78, 5) is 18.0. The van der Waals surface area contributed by atoms with Gasteiger partial charge in [-0.25, -0.2) is 0 Å². The molecule has 0 unspecified atom stereocenters. The van der Waals surface area contributed by atoms with Crippen LogP contribution in [0.1, 0.15) is 13.8 Å². The fourth-order valence-corrected chi connectivity index (χ4v) is 0.385. The zero-order valence-electron chi connectivity index (χ0n) is 8.58. The molecule has 1 rings (SSSR count). The summed E-state index contributed by atoms with van der Waals surface area (Å²) in [5, 5.41) is 14.8. The maximum absolute atomic E-state index is 9.00. The van der Waals surface area contributed by atoms with Crippen LogP contribution in [0.15, 0.2) is 36.4 Å². The van der Waals surface area contributed by atoms with Crippen molar-refractivity contribution in [3.8, 4) is 0 Å². The van der Waals surface area contributed by atoms with Crippen molar-refractivity contribution in [2.45, 2.75) is 13.8 Å². The van der Waals surface area contributed by atoms with Gasteiger partial charge in [0.1, 0.15) is 0 Å². The number of halogens is 1. The van der Waals surface area contributed by atoms with Crippen LogP contribution < -0.4 is 0 Å². The van der Waals surface area contributed by atoms with Gasteiger partial charge in [0.2, 0.25) is 0 Å². The van der Waals surface area contributed by atoms with E-state index in [0.717, 1.165) is 13.8 Å². The molecule has 0 fully saturated rings. The van der Waals surface area contributed by atoms with E-state index in [9.17, 15) is 0 Å². The Kier molecular flexibility index (Phi) is 19.9. The molecule has 0 aliphatic rings. The number of hydrogen-bond acceptors (Lipinski definition) is 2. The van der Waals surface area contributed by atoms with Gasteiger partial charge in [0, 0.05) is 13.8 Å². The molecular formula is C10H15IO4. The van der Waals surface area contributed by atoms with Gasteiger partial charge in [-0.3, -0.25) is 9.59 Å². The number of benzene rings is 1. The molecule has 0 bridgehead atoms. The normalized spacial score (nSPS) is 6.53. The van der Waals surface area contributed by atoms with Crippen LogP contribution in [0.4, 0.5) is 0 Å². The highest BCUT2D eigenvalue weighted by Gasteiger charge is 1.65. The molecule has 86 valence electrons. The molecule has 0 radical (unpaired) electrons. The lowest BCUT2D eigenvalue weighted by molar-refractivity contribution is -0.135. The highest BCUT2D eigenvalue weighted by atomic mass is 127. The second-order valence-corrected chi connectivity index (χ2v) is 2.19. The smallest absolute Gasteiger partial charge is 0.300 e. The van der Waals surface area contributed by atoms with Crippen molar-refractivity contribution < 1.29 is 19.8 Å². The summed E-state index contributed by atoms with van der Waals surface area (Å²) in [6.07, 6.45) is 0. The van der Waals surface area contributed by atoms with Crippen LogP contribution >= 0.6 is 24.0 Å². The molecule has 4 nitrogen and oxygen atoms in total.